The molecular formula is C30H30N8O3. The molecule has 0 saturated heterocycles. The van der Waals surface area contributed by atoms with Gasteiger partial charge in [-0.2, -0.15) is 5.10 Å². The summed E-state index contributed by atoms with van der Waals surface area (Å²) < 4.78 is 5.62. The lowest BCUT2D eigenvalue weighted by Gasteiger charge is -2.47. The van der Waals surface area contributed by atoms with Gasteiger partial charge in [0, 0.05) is 68.9 Å². The second-order valence-electron chi connectivity index (χ2n) is 11.6. The summed E-state index contributed by atoms with van der Waals surface area (Å²) >= 11 is 0. The highest BCUT2D eigenvalue weighted by atomic mass is 16.2. The van der Waals surface area contributed by atoms with Gasteiger partial charge >= 0.3 is 0 Å². The third-order valence-corrected chi connectivity index (χ3v) is 9.29. The van der Waals surface area contributed by atoms with Crippen LogP contribution in [0.1, 0.15) is 62.5 Å². The third-order valence-electron chi connectivity index (χ3n) is 9.29. The summed E-state index contributed by atoms with van der Waals surface area (Å²) in [5.41, 5.74) is 6.14. The van der Waals surface area contributed by atoms with E-state index in [9.17, 15) is 14.4 Å². The number of likely N-dealkylation sites (N-methyl/N-ethyl adjacent to an activating group) is 1. The predicted molar refractivity (Wildman–Crippen MR) is 153 cm³/mol. The van der Waals surface area contributed by atoms with Crippen molar-refractivity contribution in [2.24, 2.45) is 7.05 Å². The van der Waals surface area contributed by atoms with Crippen molar-refractivity contribution in [2.45, 2.75) is 44.3 Å². The van der Waals surface area contributed by atoms with Gasteiger partial charge in [-0.05, 0) is 55.1 Å². The number of amides is 1. The Labute approximate surface area is 236 Å². The maximum absolute atomic E-state index is 13.7. The molecule has 0 aromatic carbocycles. The molecule has 11 heteroatoms. The standard InChI is InChI=1S/C30H30N8O3/c1-34-7-10-38-18(15-34)12-26(33-38)32-24-11-17(14-35(2)29(24)40)19-5-6-31-28(23(19)16-39)37-9-8-36-25(30(37)41)13-22-20-3-4-21(20)27(22)36/h5-6,11-14,16,20-21H,3-4,7-10,15H2,1-2H3,(H,32,33)/t20?,21-/m1/s1. The van der Waals surface area contributed by atoms with Crippen molar-refractivity contribution in [3.8, 4) is 11.1 Å². The Morgan fingerprint density at radius 3 is 2.68 bits per heavy atom. The molecular weight excluding hydrogens is 520 g/mol. The van der Waals surface area contributed by atoms with E-state index < -0.39 is 0 Å². The maximum Gasteiger partial charge on any atom is 0.276 e. The molecule has 208 valence electrons. The molecule has 8 rings (SSSR count). The molecule has 2 aliphatic heterocycles. The summed E-state index contributed by atoms with van der Waals surface area (Å²) in [6.45, 7) is 3.62. The van der Waals surface area contributed by atoms with Crippen LogP contribution in [0.3, 0.4) is 0 Å². The molecule has 2 aliphatic carbocycles. The van der Waals surface area contributed by atoms with E-state index in [2.05, 4.69) is 31.9 Å². The molecule has 6 heterocycles. The smallest absolute Gasteiger partial charge is 0.276 e. The number of aromatic nitrogens is 5. The summed E-state index contributed by atoms with van der Waals surface area (Å²) in [7, 11) is 3.75. The Kier molecular flexibility index (Phi) is 5.18. The van der Waals surface area contributed by atoms with E-state index >= 15 is 0 Å². The number of carbonyl (C=O) groups excluding carboxylic acids is 2. The number of hydrogen-bond acceptors (Lipinski definition) is 7. The number of aldehydes is 1. The highest BCUT2D eigenvalue weighted by molar-refractivity contribution is 6.09. The highest BCUT2D eigenvalue weighted by Crippen LogP contribution is 2.60. The highest BCUT2D eigenvalue weighted by Gasteiger charge is 2.49. The van der Waals surface area contributed by atoms with Gasteiger partial charge in [0.25, 0.3) is 11.5 Å². The molecule has 11 nitrogen and oxygen atoms in total. The number of hydrogen-bond donors (Lipinski definition) is 1. The van der Waals surface area contributed by atoms with Crippen LogP contribution < -0.4 is 15.8 Å². The average molecular weight is 551 g/mol. The number of pyridine rings is 2. The summed E-state index contributed by atoms with van der Waals surface area (Å²) in [5.74, 6) is 2.02. The van der Waals surface area contributed by atoms with Crippen LogP contribution in [0.15, 0.2) is 41.5 Å². The molecule has 2 atom stereocenters. The van der Waals surface area contributed by atoms with Crippen LogP contribution in [0.4, 0.5) is 17.3 Å². The zero-order chi connectivity index (χ0) is 28.0. The van der Waals surface area contributed by atoms with Crippen LogP contribution in [0.2, 0.25) is 0 Å². The van der Waals surface area contributed by atoms with Crippen molar-refractivity contribution in [2.75, 3.05) is 30.4 Å². The lowest BCUT2D eigenvalue weighted by Crippen LogP contribution is -2.43. The Bertz CT molecular complexity index is 1830. The molecule has 4 aromatic heterocycles. The molecule has 0 spiro atoms. The number of fused-ring (bicyclic) bond motifs is 7. The van der Waals surface area contributed by atoms with E-state index in [0.717, 1.165) is 31.6 Å². The SMILES string of the molecule is CN1CCn2nc(Nc3cc(-c4ccnc(N5CCn6c(cc7c6[C@@H]6CCC76)C5=O)c4C=O)cn(C)c3=O)cc2C1. The molecule has 1 N–H and O–H groups in total. The van der Waals surface area contributed by atoms with Gasteiger partial charge in [-0.15, -0.1) is 0 Å². The molecule has 41 heavy (non-hydrogen) atoms. The van der Waals surface area contributed by atoms with Crippen molar-refractivity contribution in [1.29, 1.82) is 0 Å². The topological polar surface area (TPSA) is 110 Å². The van der Waals surface area contributed by atoms with Crippen molar-refractivity contribution >= 4 is 29.5 Å². The van der Waals surface area contributed by atoms with Gasteiger partial charge in [0.15, 0.2) is 12.1 Å². The summed E-state index contributed by atoms with van der Waals surface area (Å²) in [4.78, 5) is 47.7. The van der Waals surface area contributed by atoms with Crippen molar-refractivity contribution in [3.05, 3.63) is 75.2 Å². The first-order valence-corrected chi connectivity index (χ1v) is 14.1. The quantitative estimate of drug-likeness (QED) is 0.380. The van der Waals surface area contributed by atoms with Gasteiger partial charge < -0.3 is 14.5 Å². The fourth-order valence-corrected chi connectivity index (χ4v) is 7.05. The molecule has 0 bridgehead atoms. The van der Waals surface area contributed by atoms with Crippen molar-refractivity contribution in [1.82, 2.24) is 28.8 Å². The second-order valence-corrected chi connectivity index (χ2v) is 11.6. The summed E-state index contributed by atoms with van der Waals surface area (Å²) in [6.07, 6.45) is 6.48. The van der Waals surface area contributed by atoms with Gasteiger partial charge in [-0.3, -0.25) is 28.9 Å². The fraction of sp³-hybridized carbons (Fsp3) is 0.367. The fourth-order valence-electron chi connectivity index (χ4n) is 7.05. The number of nitrogens with one attached hydrogen (secondary N) is 1. The van der Waals surface area contributed by atoms with E-state index in [1.54, 1.807) is 36.5 Å². The number of carbonyl (C=O) groups is 2. The summed E-state index contributed by atoms with van der Waals surface area (Å²) in [5, 5.41) is 7.83. The summed E-state index contributed by atoms with van der Waals surface area (Å²) in [6, 6.07) is 7.49. The second kappa shape index (κ2) is 8.74. The first-order valence-electron chi connectivity index (χ1n) is 14.1. The Hall–Kier alpha value is -4.51. The molecule has 4 aromatic rings. The number of rotatable bonds is 5. The average Bonchev–Trinajstić information content (AvgIpc) is 3.49. The first kappa shape index (κ1) is 24.3. The predicted octanol–water partition coefficient (Wildman–Crippen LogP) is 3.08. The lowest BCUT2D eigenvalue weighted by molar-refractivity contribution is 0.0962. The Morgan fingerprint density at radius 2 is 1.88 bits per heavy atom. The van der Waals surface area contributed by atoms with Crippen LogP contribution in [-0.2, 0) is 26.7 Å². The van der Waals surface area contributed by atoms with Gasteiger partial charge in [0.2, 0.25) is 0 Å². The number of anilines is 3. The molecule has 1 amide bonds. The van der Waals surface area contributed by atoms with E-state index in [0.29, 0.717) is 64.6 Å². The molecule has 0 radical (unpaired) electrons. The first-order chi connectivity index (χ1) is 19.9. The van der Waals surface area contributed by atoms with Gasteiger partial charge in [-0.1, -0.05) is 0 Å². The molecule has 1 unspecified atom stereocenters. The minimum Gasteiger partial charge on any atom is -0.338 e. The normalized spacial score (nSPS) is 20.8. The molecule has 1 saturated carbocycles. The van der Waals surface area contributed by atoms with Crippen LogP contribution in [0, 0.1) is 0 Å². The minimum absolute atomic E-state index is 0.130. The zero-order valence-corrected chi connectivity index (χ0v) is 23.0. The monoisotopic (exact) mass is 550 g/mol. The lowest BCUT2D eigenvalue weighted by atomic mass is 9.59. The number of nitrogens with zero attached hydrogens (tertiary/aromatic N) is 7. The van der Waals surface area contributed by atoms with Crippen LogP contribution in [0.5, 0.6) is 0 Å². The van der Waals surface area contributed by atoms with Gasteiger partial charge in [-0.25, -0.2) is 4.98 Å². The minimum atomic E-state index is -0.211. The largest absolute Gasteiger partial charge is 0.338 e. The van der Waals surface area contributed by atoms with E-state index in [-0.39, 0.29) is 11.5 Å². The Balaban J connectivity index is 1.15. The third kappa shape index (κ3) is 3.51. The van der Waals surface area contributed by atoms with Crippen LogP contribution >= 0.6 is 0 Å². The van der Waals surface area contributed by atoms with E-state index in [4.69, 9.17) is 0 Å². The molecule has 1 fully saturated rings. The Morgan fingerprint density at radius 1 is 1.02 bits per heavy atom. The van der Waals surface area contributed by atoms with Gasteiger partial charge in [0.1, 0.15) is 17.2 Å². The van der Waals surface area contributed by atoms with Crippen molar-refractivity contribution in [3.63, 3.8) is 0 Å². The van der Waals surface area contributed by atoms with E-state index in [1.165, 1.54) is 28.7 Å². The maximum atomic E-state index is 13.7. The van der Waals surface area contributed by atoms with E-state index in [1.807, 2.05) is 16.8 Å². The van der Waals surface area contributed by atoms with Gasteiger partial charge in [0.05, 0.1) is 17.8 Å². The van der Waals surface area contributed by atoms with Crippen LogP contribution in [0.25, 0.3) is 11.1 Å². The van der Waals surface area contributed by atoms with Crippen LogP contribution in [-0.4, -0.2) is 61.1 Å². The number of aryl methyl sites for hydroxylation is 1. The van der Waals surface area contributed by atoms with Crippen molar-refractivity contribution < 1.29 is 9.59 Å². The zero-order valence-electron chi connectivity index (χ0n) is 23.0. The molecule has 4 aliphatic rings.